The van der Waals surface area contributed by atoms with Crippen LogP contribution in [-0.2, 0) is 6.42 Å². The van der Waals surface area contributed by atoms with E-state index in [0.717, 1.165) is 12.5 Å². The van der Waals surface area contributed by atoms with Crippen molar-refractivity contribution in [3.63, 3.8) is 0 Å². The summed E-state index contributed by atoms with van der Waals surface area (Å²) in [5.41, 5.74) is 9.28. The summed E-state index contributed by atoms with van der Waals surface area (Å²) in [6.45, 7) is 4.32. The van der Waals surface area contributed by atoms with Gasteiger partial charge in [0.15, 0.2) is 0 Å². The average molecular weight is 230 g/mol. The van der Waals surface area contributed by atoms with Gasteiger partial charge in [0, 0.05) is 18.8 Å². The molecule has 0 radical (unpaired) electrons. The third-order valence-electron chi connectivity index (χ3n) is 4.52. The number of hydrogen-bond donors (Lipinski definition) is 1. The molecule has 0 amide bonds. The van der Waals surface area contributed by atoms with Crippen LogP contribution >= 0.6 is 0 Å². The molecule has 2 nitrogen and oxygen atoms in total. The van der Waals surface area contributed by atoms with Crippen LogP contribution < -0.4 is 10.6 Å². The largest absolute Gasteiger partial charge is 0.364 e. The van der Waals surface area contributed by atoms with Crippen LogP contribution in [0.1, 0.15) is 31.7 Å². The summed E-state index contributed by atoms with van der Waals surface area (Å²) in [6.07, 6.45) is 5.02. The molecule has 0 bridgehead atoms. The minimum atomic E-state index is 0.260. The topological polar surface area (TPSA) is 29.3 Å². The molecule has 0 aromatic heterocycles. The smallest absolute Gasteiger partial charge is 0.0529 e. The Bertz CT molecular complexity index is 407. The molecule has 2 aliphatic rings. The van der Waals surface area contributed by atoms with Crippen LogP contribution in [0.2, 0.25) is 0 Å². The zero-order valence-corrected chi connectivity index (χ0v) is 10.7. The molecule has 92 valence electrons. The van der Waals surface area contributed by atoms with Crippen molar-refractivity contribution in [1.82, 2.24) is 0 Å². The van der Waals surface area contributed by atoms with Crippen LogP contribution in [0.25, 0.3) is 0 Å². The molecule has 1 saturated carbocycles. The van der Waals surface area contributed by atoms with Gasteiger partial charge in [-0.2, -0.15) is 0 Å². The molecular formula is C15H22N2. The zero-order valence-electron chi connectivity index (χ0n) is 10.7. The lowest BCUT2D eigenvalue weighted by molar-refractivity contribution is 0.154. The molecule has 0 saturated heterocycles. The van der Waals surface area contributed by atoms with Crippen molar-refractivity contribution in [2.45, 2.75) is 38.1 Å². The van der Waals surface area contributed by atoms with Gasteiger partial charge < -0.3 is 10.6 Å². The van der Waals surface area contributed by atoms with Crippen molar-refractivity contribution in [3.05, 3.63) is 29.8 Å². The van der Waals surface area contributed by atoms with E-state index < -0.39 is 0 Å². The Kier molecular flexibility index (Phi) is 2.62. The van der Waals surface area contributed by atoms with Crippen molar-refractivity contribution in [2.24, 2.45) is 11.7 Å². The van der Waals surface area contributed by atoms with E-state index >= 15 is 0 Å². The van der Waals surface area contributed by atoms with Gasteiger partial charge in [-0.25, -0.2) is 0 Å². The number of hydrogen-bond acceptors (Lipinski definition) is 2. The minimum Gasteiger partial charge on any atom is -0.364 e. The molecular weight excluding hydrogens is 208 g/mol. The van der Waals surface area contributed by atoms with E-state index in [1.54, 1.807) is 0 Å². The van der Waals surface area contributed by atoms with E-state index in [2.05, 4.69) is 36.1 Å². The lowest BCUT2D eigenvalue weighted by Gasteiger charge is -2.55. The summed E-state index contributed by atoms with van der Waals surface area (Å²) in [5, 5.41) is 0. The fourth-order valence-corrected chi connectivity index (χ4v) is 3.76. The van der Waals surface area contributed by atoms with Gasteiger partial charge in [-0.05, 0) is 43.2 Å². The first-order valence-electron chi connectivity index (χ1n) is 6.81. The van der Waals surface area contributed by atoms with Crippen LogP contribution in [-0.4, -0.2) is 18.6 Å². The summed E-state index contributed by atoms with van der Waals surface area (Å²) in [5.74, 6) is 0.840. The molecule has 1 aliphatic heterocycles. The van der Waals surface area contributed by atoms with Crippen molar-refractivity contribution in [3.8, 4) is 0 Å². The van der Waals surface area contributed by atoms with E-state index in [1.165, 1.54) is 43.5 Å². The summed E-state index contributed by atoms with van der Waals surface area (Å²) >= 11 is 0. The Morgan fingerprint density at radius 3 is 2.82 bits per heavy atom. The van der Waals surface area contributed by atoms with E-state index in [1.807, 2.05) is 0 Å². The number of nitrogens with two attached hydrogens (primary N) is 1. The fourth-order valence-electron chi connectivity index (χ4n) is 3.76. The normalized spacial score (nSPS) is 31.9. The van der Waals surface area contributed by atoms with E-state index in [4.69, 9.17) is 5.73 Å². The van der Waals surface area contributed by atoms with Gasteiger partial charge in [0.2, 0.25) is 0 Å². The lowest BCUT2D eigenvalue weighted by Crippen LogP contribution is -2.62. The van der Waals surface area contributed by atoms with Crippen LogP contribution in [0, 0.1) is 5.92 Å². The Labute approximate surface area is 104 Å². The molecule has 1 aliphatic carbocycles. The van der Waals surface area contributed by atoms with Crippen molar-refractivity contribution in [1.29, 1.82) is 0 Å². The van der Waals surface area contributed by atoms with E-state index in [-0.39, 0.29) is 5.54 Å². The maximum Gasteiger partial charge on any atom is 0.0529 e. The molecule has 1 aromatic carbocycles. The Balaban J connectivity index is 1.95. The third-order valence-corrected chi connectivity index (χ3v) is 4.52. The zero-order chi connectivity index (χ0) is 11.9. The maximum absolute atomic E-state index is 6.08. The highest BCUT2D eigenvalue weighted by Crippen LogP contribution is 2.45. The second-order valence-electron chi connectivity index (χ2n) is 5.83. The van der Waals surface area contributed by atoms with Gasteiger partial charge in [0.1, 0.15) is 0 Å². The van der Waals surface area contributed by atoms with Crippen molar-refractivity contribution in [2.75, 3.05) is 18.0 Å². The maximum atomic E-state index is 6.08. The molecule has 0 spiro atoms. The SMILES string of the molecule is CC1CC(CN)(N2CCCc3ccccc32)C1. The highest BCUT2D eigenvalue weighted by atomic mass is 15.2. The second-order valence-corrected chi connectivity index (χ2v) is 5.83. The average Bonchev–Trinajstić information content (AvgIpc) is 2.34. The van der Waals surface area contributed by atoms with Gasteiger partial charge in [-0.3, -0.25) is 0 Å². The van der Waals surface area contributed by atoms with Crippen LogP contribution in [0.5, 0.6) is 0 Å². The molecule has 2 N–H and O–H groups in total. The second kappa shape index (κ2) is 4.02. The predicted molar refractivity (Wildman–Crippen MR) is 72.3 cm³/mol. The first-order valence-corrected chi connectivity index (χ1v) is 6.81. The fraction of sp³-hybridized carbons (Fsp3) is 0.600. The number of fused-ring (bicyclic) bond motifs is 1. The Morgan fingerprint density at radius 1 is 1.35 bits per heavy atom. The van der Waals surface area contributed by atoms with Crippen LogP contribution in [0.4, 0.5) is 5.69 Å². The van der Waals surface area contributed by atoms with Crippen LogP contribution in [0.3, 0.4) is 0 Å². The standard InChI is InChI=1S/C15H22N2/c1-12-9-15(10-12,11-16)17-8-4-6-13-5-2-3-7-14(13)17/h2-3,5,7,12H,4,6,8-11,16H2,1H3. The summed E-state index contributed by atoms with van der Waals surface area (Å²) in [6, 6.07) is 8.85. The molecule has 1 aromatic rings. The van der Waals surface area contributed by atoms with Crippen molar-refractivity contribution < 1.29 is 0 Å². The van der Waals surface area contributed by atoms with E-state index in [0.29, 0.717) is 0 Å². The Morgan fingerprint density at radius 2 is 2.12 bits per heavy atom. The van der Waals surface area contributed by atoms with Gasteiger partial charge in [-0.1, -0.05) is 25.1 Å². The number of nitrogens with zero attached hydrogens (tertiary/aromatic N) is 1. The van der Waals surface area contributed by atoms with Crippen molar-refractivity contribution >= 4 is 5.69 Å². The first-order chi connectivity index (χ1) is 8.25. The number of para-hydroxylation sites is 1. The Hall–Kier alpha value is -1.02. The number of aryl methyl sites for hydroxylation is 1. The lowest BCUT2D eigenvalue weighted by atomic mass is 9.67. The first kappa shape index (κ1) is 11.1. The molecule has 0 atom stereocenters. The third kappa shape index (κ3) is 1.66. The quantitative estimate of drug-likeness (QED) is 0.846. The van der Waals surface area contributed by atoms with E-state index in [9.17, 15) is 0 Å². The molecule has 1 heterocycles. The highest BCUT2D eigenvalue weighted by Gasteiger charge is 2.46. The number of benzene rings is 1. The van der Waals surface area contributed by atoms with Gasteiger partial charge >= 0.3 is 0 Å². The number of anilines is 1. The predicted octanol–water partition coefficient (Wildman–Crippen LogP) is 2.57. The molecule has 0 unspecified atom stereocenters. The summed E-state index contributed by atoms with van der Waals surface area (Å²) < 4.78 is 0. The monoisotopic (exact) mass is 230 g/mol. The highest BCUT2D eigenvalue weighted by molar-refractivity contribution is 5.58. The molecule has 3 rings (SSSR count). The summed E-state index contributed by atoms with van der Waals surface area (Å²) in [7, 11) is 0. The molecule has 2 heteroatoms. The number of rotatable bonds is 2. The van der Waals surface area contributed by atoms with Gasteiger partial charge in [0.25, 0.3) is 0 Å². The van der Waals surface area contributed by atoms with Gasteiger partial charge in [0.05, 0.1) is 5.54 Å². The van der Waals surface area contributed by atoms with Gasteiger partial charge in [-0.15, -0.1) is 0 Å². The molecule has 1 fully saturated rings. The summed E-state index contributed by atoms with van der Waals surface area (Å²) in [4.78, 5) is 2.60. The molecule has 17 heavy (non-hydrogen) atoms. The minimum absolute atomic E-state index is 0.260. The van der Waals surface area contributed by atoms with Crippen LogP contribution in [0.15, 0.2) is 24.3 Å².